The van der Waals surface area contributed by atoms with Crippen molar-refractivity contribution in [3.8, 4) is 0 Å². The van der Waals surface area contributed by atoms with Crippen molar-refractivity contribution in [2.24, 2.45) is 5.92 Å². The molecule has 0 aromatic heterocycles. The van der Waals surface area contributed by atoms with E-state index < -0.39 is 0 Å². The molecule has 1 atom stereocenters. The first-order chi connectivity index (χ1) is 9.10. The highest BCUT2D eigenvalue weighted by molar-refractivity contribution is 9.10. The first kappa shape index (κ1) is 13.4. The predicted octanol–water partition coefficient (Wildman–Crippen LogP) is 3.73. The molecule has 1 aromatic carbocycles. The van der Waals surface area contributed by atoms with Gasteiger partial charge in [0.05, 0.1) is 0 Å². The number of nitrogens with one attached hydrogen (secondary N) is 1. The van der Waals surface area contributed by atoms with Gasteiger partial charge >= 0.3 is 0 Å². The van der Waals surface area contributed by atoms with Crippen molar-refractivity contribution in [1.29, 1.82) is 0 Å². The third-order valence-corrected chi connectivity index (χ3v) is 5.57. The van der Waals surface area contributed by atoms with Gasteiger partial charge in [-0.1, -0.05) is 22.0 Å². The van der Waals surface area contributed by atoms with Crippen molar-refractivity contribution in [3.05, 3.63) is 28.2 Å². The molecule has 0 amide bonds. The van der Waals surface area contributed by atoms with E-state index in [9.17, 15) is 0 Å². The Kier molecular flexibility index (Phi) is 3.61. The molecule has 1 aromatic rings. The van der Waals surface area contributed by atoms with Crippen LogP contribution in [0.15, 0.2) is 22.7 Å². The molecule has 1 N–H and O–H groups in total. The average Bonchev–Trinajstić information content (AvgIpc) is 3.20. The van der Waals surface area contributed by atoms with Gasteiger partial charge in [-0.3, -0.25) is 0 Å². The average molecular weight is 323 g/mol. The topological polar surface area (TPSA) is 15.3 Å². The first-order valence-electron chi connectivity index (χ1n) is 7.35. The van der Waals surface area contributed by atoms with Gasteiger partial charge in [0.2, 0.25) is 0 Å². The Morgan fingerprint density at radius 3 is 2.89 bits per heavy atom. The van der Waals surface area contributed by atoms with Crippen LogP contribution in [0, 0.1) is 12.8 Å². The van der Waals surface area contributed by atoms with Gasteiger partial charge in [-0.05, 0) is 63.3 Å². The maximum atomic E-state index is 3.80. The van der Waals surface area contributed by atoms with E-state index in [1.54, 1.807) is 0 Å². The summed E-state index contributed by atoms with van der Waals surface area (Å²) in [6.07, 6.45) is 4.03. The molecule has 0 radical (unpaired) electrons. The SMILES string of the molecule is Cc1c(Br)cccc1N1CCCNC(C)(C2CC2)C1. The zero-order chi connectivity index (χ0) is 13.5. The van der Waals surface area contributed by atoms with Gasteiger partial charge in [-0.15, -0.1) is 0 Å². The van der Waals surface area contributed by atoms with Crippen LogP contribution in [-0.2, 0) is 0 Å². The number of nitrogens with zero attached hydrogens (tertiary/aromatic N) is 1. The maximum Gasteiger partial charge on any atom is 0.0407 e. The summed E-state index contributed by atoms with van der Waals surface area (Å²) < 4.78 is 1.22. The highest BCUT2D eigenvalue weighted by Gasteiger charge is 2.43. The summed E-state index contributed by atoms with van der Waals surface area (Å²) in [4.78, 5) is 2.58. The second-order valence-electron chi connectivity index (χ2n) is 6.28. The fourth-order valence-electron chi connectivity index (χ4n) is 3.31. The minimum Gasteiger partial charge on any atom is -0.369 e. The Balaban J connectivity index is 1.88. The first-order valence-corrected chi connectivity index (χ1v) is 8.14. The fourth-order valence-corrected chi connectivity index (χ4v) is 3.67. The van der Waals surface area contributed by atoms with Crippen LogP contribution in [0.1, 0.15) is 31.7 Å². The molecule has 3 heteroatoms. The second-order valence-corrected chi connectivity index (χ2v) is 7.13. The predicted molar refractivity (Wildman–Crippen MR) is 84.8 cm³/mol. The van der Waals surface area contributed by atoms with Crippen LogP contribution in [0.4, 0.5) is 5.69 Å². The molecule has 2 aliphatic rings. The molecule has 1 saturated carbocycles. The smallest absolute Gasteiger partial charge is 0.0407 e. The lowest BCUT2D eigenvalue weighted by atomic mass is 9.95. The molecule has 1 aliphatic carbocycles. The molecule has 19 heavy (non-hydrogen) atoms. The van der Waals surface area contributed by atoms with E-state index >= 15 is 0 Å². The van der Waals surface area contributed by atoms with Crippen molar-refractivity contribution in [3.63, 3.8) is 0 Å². The summed E-state index contributed by atoms with van der Waals surface area (Å²) >= 11 is 3.66. The zero-order valence-corrected chi connectivity index (χ0v) is 13.5. The van der Waals surface area contributed by atoms with Crippen LogP contribution < -0.4 is 10.2 Å². The molecule has 2 nitrogen and oxygen atoms in total. The molecule has 104 valence electrons. The molecule has 1 aliphatic heterocycles. The number of anilines is 1. The molecule has 1 unspecified atom stereocenters. The van der Waals surface area contributed by atoms with E-state index in [0.717, 1.165) is 25.6 Å². The van der Waals surface area contributed by atoms with Crippen LogP contribution in [0.5, 0.6) is 0 Å². The van der Waals surface area contributed by atoms with Crippen LogP contribution in [-0.4, -0.2) is 25.2 Å². The molecular formula is C16H23BrN2. The van der Waals surface area contributed by atoms with E-state index in [1.165, 1.54) is 35.0 Å². The van der Waals surface area contributed by atoms with E-state index in [2.05, 4.69) is 58.2 Å². The van der Waals surface area contributed by atoms with Gasteiger partial charge in [-0.25, -0.2) is 0 Å². The van der Waals surface area contributed by atoms with Gasteiger partial charge in [0, 0.05) is 28.8 Å². The van der Waals surface area contributed by atoms with Crippen molar-refractivity contribution in [1.82, 2.24) is 5.32 Å². The van der Waals surface area contributed by atoms with E-state index in [1.807, 2.05) is 0 Å². The monoisotopic (exact) mass is 322 g/mol. The number of hydrogen-bond acceptors (Lipinski definition) is 2. The minimum absolute atomic E-state index is 0.297. The second kappa shape index (κ2) is 5.10. The number of benzene rings is 1. The van der Waals surface area contributed by atoms with E-state index in [4.69, 9.17) is 0 Å². The summed E-state index contributed by atoms with van der Waals surface area (Å²) in [5.41, 5.74) is 3.05. The Bertz CT molecular complexity index is 470. The van der Waals surface area contributed by atoms with Crippen LogP contribution in [0.25, 0.3) is 0 Å². The number of rotatable bonds is 2. The lowest BCUT2D eigenvalue weighted by Crippen LogP contribution is -2.51. The Labute approximate surface area is 124 Å². The van der Waals surface area contributed by atoms with E-state index in [0.29, 0.717) is 5.54 Å². The minimum atomic E-state index is 0.297. The Hall–Kier alpha value is -0.540. The molecule has 1 heterocycles. The largest absolute Gasteiger partial charge is 0.369 e. The van der Waals surface area contributed by atoms with Crippen molar-refractivity contribution in [2.75, 3.05) is 24.5 Å². The van der Waals surface area contributed by atoms with Crippen molar-refractivity contribution >= 4 is 21.6 Å². The highest BCUT2D eigenvalue weighted by atomic mass is 79.9. The van der Waals surface area contributed by atoms with Crippen LogP contribution in [0.3, 0.4) is 0 Å². The molecule has 2 fully saturated rings. The van der Waals surface area contributed by atoms with E-state index in [-0.39, 0.29) is 0 Å². The molecular weight excluding hydrogens is 300 g/mol. The van der Waals surface area contributed by atoms with Gasteiger partial charge in [0.15, 0.2) is 0 Å². The van der Waals surface area contributed by atoms with Gasteiger partial charge < -0.3 is 10.2 Å². The highest BCUT2D eigenvalue weighted by Crippen LogP contribution is 2.41. The lowest BCUT2D eigenvalue weighted by Gasteiger charge is -2.35. The normalized spacial score (nSPS) is 28.3. The quantitative estimate of drug-likeness (QED) is 0.892. The number of hydrogen-bond donors (Lipinski definition) is 1. The summed E-state index contributed by atoms with van der Waals surface area (Å²) in [6.45, 7) is 8.07. The summed E-state index contributed by atoms with van der Waals surface area (Å²) in [6, 6.07) is 6.55. The zero-order valence-electron chi connectivity index (χ0n) is 11.9. The standard InChI is InChI=1S/C16H23BrN2/c1-12-14(17)5-3-6-15(12)19-10-4-9-18-16(2,11-19)13-7-8-13/h3,5-6,13,18H,4,7-11H2,1-2H3. The molecule has 0 spiro atoms. The van der Waals surface area contributed by atoms with Crippen LogP contribution in [0.2, 0.25) is 0 Å². The Morgan fingerprint density at radius 2 is 2.16 bits per heavy atom. The van der Waals surface area contributed by atoms with Crippen molar-refractivity contribution < 1.29 is 0 Å². The van der Waals surface area contributed by atoms with Gasteiger partial charge in [-0.2, -0.15) is 0 Å². The third kappa shape index (κ3) is 2.68. The number of halogens is 1. The third-order valence-electron chi connectivity index (χ3n) is 4.71. The molecule has 1 saturated heterocycles. The van der Waals surface area contributed by atoms with Gasteiger partial charge in [0.1, 0.15) is 0 Å². The lowest BCUT2D eigenvalue weighted by molar-refractivity contribution is 0.331. The summed E-state index contributed by atoms with van der Waals surface area (Å²) in [7, 11) is 0. The summed E-state index contributed by atoms with van der Waals surface area (Å²) in [5, 5.41) is 3.80. The Morgan fingerprint density at radius 1 is 1.37 bits per heavy atom. The molecule has 3 rings (SSSR count). The van der Waals surface area contributed by atoms with Gasteiger partial charge in [0.25, 0.3) is 0 Å². The van der Waals surface area contributed by atoms with Crippen molar-refractivity contribution in [2.45, 2.75) is 38.6 Å². The fraction of sp³-hybridized carbons (Fsp3) is 0.625. The summed E-state index contributed by atoms with van der Waals surface area (Å²) in [5.74, 6) is 0.876. The maximum absolute atomic E-state index is 3.80. The van der Waals surface area contributed by atoms with Crippen LogP contribution >= 0.6 is 15.9 Å². The molecule has 0 bridgehead atoms.